The van der Waals surface area contributed by atoms with Gasteiger partial charge in [-0.3, -0.25) is 14.1 Å². The summed E-state index contributed by atoms with van der Waals surface area (Å²) < 4.78 is 21.2. The SMILES string of the molecule is OS(O)(C1=NCCCC1)c1cccc2ccccc12. The summed E-state index contributed by atoms with van der Waals surface area (Å²) in [5.74, 6) is 0. The van der Waals surface area contributed by atoms with Crippen LogP contribution in [0, 0.1) is 0 Å². The van der Waals surface area contributed by atoms with Crippen molar-refractivity contribution in [2.24, 2.45) is 4.99 Å². The third kappa shape index (κ3) is 2.27. The summed E-state index contributed by atoms with van der Waals surface area (Å²) >= 11 is 0. The number of benzene rings is 2. The van der Waals surface area contributed by atoms with Gasteiger partial charge in [0.1, 0.15) is 5.04 Å². The maximum Gasteiger partial charge on any atom is 0.123 e. The Balaban J connectivity index is 2.15. The largest absolute Gasteiger partial charge is 0.289 e. The average molecular weight is 275 g/mol. The molecule has 1 aliphatic rings. The van der Waals surface area contributed by atoms with Gasteiger partial charge in [-0.15, -0.1) is 10.6 Å². The van der Waals surface area contributed by atoms with Crippen LogP contribution in [0.5, 0.6) is 0 Å². The molecule has 3 nitrogen and oxygen atoms in total. The molecule has 0 radical (unpaired) electrons. The third-order valence-electron chi connectivity index (χ3n) is 3.47. The van der Waals surface area contributed by atoms with Gasteiger partial charge in [0, 0.05) is 18.4 Å². The fourth-order valence-corrected chi connectivity index (χ4v) is 4.19. The summed E-state index contributed by atoms with van der Waals surface area (Å²) in [7, 11) is -2.94. The van der Waals surface area contributed by atoms with Gasteiger partial charge in [-0.2, -0.15) is 0 Å². The monoisotopic (exact) mass is 275 g/mol. The lowest BCUT2D eigenvalue weighted by Gasteiger charge is -2.35. The fraction of sp³-hybridized carbons (Fsp3) is 0.267. The Morgan fingerprint density at radius 3 is 2.53 bits per heavy atom. The van der Waals surface area contributed by atoms with Crippen LogP contribution in [0.15, 0.2) is 52.4 Å². The molecule has 2 aromatic carbocycles. The molecular weight excluding hydrogens is 258 g/mol. The van der Waals surface area contributed by atoms with Crippen LogP contribution in [-0.4, -0.2) is 20.7 Å². The quantitative estimate of drug-likeness (QED) is 0.803. The molecule has 3 rings (SSSR count). The summed E-state index contributed by atoms with van der Waals surface area (Å²) in [6.45, 7) is 0.704. The topological polar surface area (TPSA) is 52.8 Å². The fourth-order valence-electron chi connectivity index (χ4n) is 2.47. The molecule has 1 heterocycles. The molecule has 4 heteroatoms. The van der Waals surface area contributed by atoms with E-state index in [-0.39, 0.29) is 0 Å². The van der Waals surface area contributed by atoms with E-state index in [9.17, 15) is 9.11 Å². The molecule has 2 N–H and O–H groups in total. The van der Waals surface area contributed by atoms with E-state index >= 15 is 0 Å². The Morgan fingerprint density at radius 1 is 0.947 bits per heavy atom. The molecule has 1 aliphatic heterocycles. The molecule has 0 bridgehead atoms. The molecule has 2 aromatic rings. The summed E-state index contributed by atoms with van der Waals surface area (Å²) in [6.07, 6.45) is 2.71. The van der Waals surface area contributed by atoms with E-state index in [1.165, 1.54) is 0 Å². The normalized spacial score (nSPS) is 17.3. The van der Waals surface area contributed by atoms with E-state index in [2.05, 4.69) is 4.99 Å². The van der Waals surface area contributed by atoms with Gasteiger partial charge in [-0.1, -0.05) is 36.4 Å². The van der Waals surface area contributed by atoms with Crippen molar-refractivity contribution in [3.63, 3.8) is 0 Å². The van der Waals surface area contributed by atoms with Crippen LogP contribution in [0.4, 0.5) is 0 Å². The maximum atomic E-state index is 10.6. The maximum absolute atomic E-state index is 10.6. The lowest BCUT2D eigenvalue weighted by Crippen LogP contribution is -2.16. The number of hydrogen-bond acceptors (Lipinski definition) is 3. The Labute approximate surface area is 114 Å². The van der Waals surface area contributed by atoms with Crippen LogP contribution >= 0.6 is 10.6 Å². The number of nitrogens with zero attached hydrogens (tertiary/aromatic N) is 1. The molecule has 0 amide bonds. The van der Waals surface area contributed by atoms with Gasteiger partial charge < -0.3 is 0 Å². The second kappa shape index (κ2) is 4.96. The molecule has 0 fully saturated rings. The summed E-state index contributed by atoms with van der Waals surface area (Å²) in [5.41, 5.74) is 0. The molecule has 100 valence electrons. The highest BCUT2D eigenvalue weighted by molar-refractivity contribution is 8.37. The van der Waals surface area contributed by atoms with Crippen LogP contribution in [0.3, 0.4) is 0 Å². The minimum atomic E-state index is -2.94. The Bertz CT molecular complexity index is 632. The van der Waals surface area contributed by atoms with Crippen molar-refractivity contribution in [1.29, 1.82) is 0 Å². The van der Waals surface area contributed by atoms with Crippen LogP contribution < -0.4 is 0 Å². The molecule has 0 saturated heterocycles. The van der Waals surface area contributed by atoms with Crippen LogP contribution in [0.1, 0.15) is 19.3 Å². The van der Waals surface area contributed by atoms with Crippen molar-refractivity contribution < 1.29 is 9.11 Å². The standard InChI is InChI=1S/C15H17NO2S/c17-19(18,15-10-3-4-11-16-15)14-9-5-7-12-6-1-2-8-13(12)14/h1-2,5-9,17-18H,3-4,10-11H2. The van der Waals surface area contributed by atoms with E-state index < -0.39 is 10.6 Å². The summed E-state index contributed by atoms with van der Waals surface area (Å²) in [6, 6.07) is 13.4. The number of rotatable bonds is 1. The minimum Gasteiger partial charge on any atom is -0.289 e. The van der Waals surface area contributed by atoms with E-state index in [4.69, 9.17) is 0 Å². The first-order chi connectivity index (χ1) is 9.19. The lowest BCUT2D eigenvalue weighted by molar-refractivity contribution is 0.502. The molecule has 0 aromatic heterocycles. The first-order valence-corrected chi connectivity index (χ1v) is 8.03. The lowest BCUT2D eigenvalue weighted by atomic mass is 10.1. The molecular formula is C15H17NO2S. The first kappa shape index (κ1) is 12.7. The zero-order chi connectivity index (χ0) is 13.3. The number of aliphatic imine (C=N–C) groups is 1. The van der Waals surface area contributed by atoms with E-state index in [0.29, 0.717) is 22.9 Å². The van der Waals surface area contributed by atoms with E-state index in [0.717, 1.165) is 23.6 Å². The molecule has 0 aliphatic carbocycles. The van der Waals surface area contributed by atoms with Gasteiger partial charge in [0.2, 0.25) is 0 Å². The number of hydrogen-bond donors (Lipinski definition) is 2. The molecule has 0 unspecified atom stereocenters. The zero-order valence-electron chi connectivity index (χ0n) is 10.6. The first-order valence-electron chi connectivity index (χ1n) is 6.49. The second-order valence-corrected chi connectivity index (χ2v) is 6.77. The van der Waals surface area contributed by atoms with Gasteiger partial charge in [0.05, 0.1) is 4.90 Å². The van der Waals surface area contributed by atoms with Gasteiger partial charge >= 0.3 is 0 Å². The summed E-state index contributed by atoms with van der Waals surface area (Å²) in [5, 5.41) is 2.49. The van der Waals surface area contributed by atoms with Gasteiger partial charge in [0.25, 0.3) is 0 Å². The second-order valence-electron chi connectivity index (χ2n) is 4.76. The molecule has 0 saturated carbocycles. The zero-order valence-corrected chi connectivity index (χ0v) is 11.4. The minimum absolute atomic E-state index is 0.565. The highest BCUT2D eigenvalue weighted by Crippen LogP contribution is 2.53. The van der Waals surface area contributed by atoms with Crippen molar-refractivity contribution in [3.05, 3.63) is 42.5 Å². The Kier molecular flexibility index (Phi) is 3.31. The summed E-state index contributed by atoms with van der Waals surface area (Å²) in [4.78, 5) is 4.94. The van der Waals surface area contributed by atoms with E-state index in [1.807, 2.05) is 36.4 Å². The van der Waals surface area contributed by atoms with Crippen LogP contribution in [0.2, 0.25) is 0 Å². The van der Waals surface area contributed by atoms with E-state index in [1.54, 1.807) is 6.07 Å². The third-order valence-corrected chi connectivity index (χ3v) is 5.43. The highest BCUT2D eigenvalue weighted by atomic mass is 32.3. The van der Waals surface area contributed by atoms with Crippen molar-refractivity contribution in [1.82, 2.24) is 0 Å². The van der Waals surface area contributed by atoms with Crippen LogP contribution in [0.25, 0.3) is 10.8 Å². The average Bonchev–Trinajstić information content (AvgIpc) is 2.47. The van der Waals surface area contributed by atoms with Gasteiger partial charge in [0.15, 0.2) is 0 Å². The highest BCUT2D eigenvalue weighted by Gasteiger charge is 2.25. The van der Waals surface area contributed by atoms with Crippen molar-refractivity contribution in [3.8, 4) is 0 Å². The Hall–Kier alpha value is -1.36. The molecule has 0 atom stereocenters. The van der Waals surface area contributed by atoms with Crippen LogP contribution in [-0.2, 0) is 0 Å². The Morgan fingerprint density at radius 2 is 1.74 bits per heavy atom. The van der Waals surface area contributed by atoms with Crippen molar-refractivity contribution in [2.45, 2.75) is 24.2 Å². The molecule has 0 spiro atoms. The smallest absolute Gasteiger partial charge is 0.123 e. The van der Waals surface area contributed by atoms with Crippen molar-refractivity contribution >= 4 is 26.4 Å². The van der Waals surface area contributed by atoms with Crippen molar-refractivity contribution in [2.75, 3.05) is 6.54 Å². The van der Waals surface area contributed by atoms with Gasteiger partial charge in [-0.25, -0.2) is 0 Å². The number of fused-ring (bicyclic) bond motifs is 1. The predicted molar refractivity (Wildman–Crippen MR) is 81.2 cm³/mol. The predicted octanol–water partition coefficient (Wildman–Crippen LogP) is 4.53. The van der Waals surface area contributed by atoms with Gasteiger partial charge in [-0.05, 0) is 24.3 Å². The molecule has 19 heavy (non-hydrogen) atoms.